The summed E-state index contributed by atoms with van der Waals surface area (Å²) in [6.07, 6.45) is 2.50. The van der Waals surface area contributed by atoms with Gasteiger partial charge in [0.2, 0.25) is 0 Å². The Morgan fingerprint density at radius 3 is 2.88 bits per heavy atom. The molecule has 6 heteroatoms. The van der Waals surface area contributed by atoms with E-state index in [9.17, 15) is 14.3 Å². The van der Waals surface area contributed by atoms with Crippen molar-refractivity contribution in [3.8, 4) is 0 Å². The van der Waals surface area contributed by atoms with Crippen LogP contribution in [0.4, 0.5) is 4.39 Å². The minimum absolute atomic E-state index is 0.0910. The Hall–Kier alpha value is -1.92. The lowest BCUT2D eigenvalue weighted by Gasteiger charge is -2.46. The smallest absolute Gasteiger partial charge is 0.270 e. The molecule has 1 amide bonds. The van der Waals surface area contributed by atoms with Gasteiger partial charge in [0.1, 0.15) is 11.5 Å². The molecule has 5 nitrogen and oxygen atoms in total. The number of carbonyl (C=O) groups excluding carboxylic acids is 1. The molecule has 2 N–H and O–H groups in total. The van der Waals surface area contributed by atoms with E-state index in [4.69, 9.17) is 4.74 Å². The van der Waals surface area contributed by atoms with Crippen molar-refractivity contribution in [2.75, 3.05) is 19.7 Å². The Bertz CT molecular complexity index is 765. The number of carbonyl (C=O) groups is 1. The number of fused-ring (bicyclic) bond motifs is 1. The molecule has 1 atom stereocenters. The van der Waals surface area contributed by atoms with Crippen LogP contribution in [0.25, 0.3) is 10.9 Å². The highest BCUT2D eigenvalue weighted by Crippen LogP contribution is 2.35. The van der Waals surface area contributed by atoms with Crippen molar-refractivity contribution in [1.29, 1.82) is 0 Å². The van der Waals surface area contributed by atoms with Crippen molar-refractivity contribution in [3.63, 3.8) is 0 Å². The lowest BCUT2D eigenvalue weighted by Crippen LogP contribution is -2.56. The highest BCUT2D eigenvalue weighted by atomic mass is 19.1. The summed E-state index contributed by atoms with van der Waals surface area (Å²) >= 11 is 0. The molecule has 4 rings (SSSR count). The second-order valence-electron chi connectivity index (χ2n) is 6.78. The fraction of sp³-hybridized carbons (Fsp3) is 0.500. The first kappa shape index (κ1) is 15.6. The number of hydrogen-bond acceptors (Lipinski definition) is 3. The van der Waals surface area contributed by atoms with Crippen molar-refractivity contribution in [1.82, 2.24) is 9.88 Å². The zero-order valence-electron chi connectivity index (χ0n) is 13.4. The number of piperidine rings is 1. The van der Waals surface area contributed by atoms with Crippen LogP contribution < -0.4 is 0 Å². The number of H-pyrrole nitrogens is 1. The number of likely N-dealkylation sites (tertiary alicyclic amines) is 1. The van der Waals surface area contributed by atoms with Gasteiger partial charge in [-0.25, -0.2) is 4.39 Å². The highest BCUT2D eigenvalue weighted by molar-refractivity contribution is 5.98. The molecule has 2 aliphatic rings. The number of aromatic amines is 1. The van der Waals surface area contributed by atoms with Gasteiger partial charge in [-0.15, -0.1) is 0 Å². The zero-order chi connectivity index (χ0) is 16.7. The van der Waals surface area contributed by atoms with Crippen LogP contribution in [-0.2, 0) is 4.74 Å². The number of ether oxygens (including phenoxy) is 1. The minimum Gasteiger partial charge on any atom is -0.390 e. The molecule has 128 valence electrons. The van der Waals surface area contributed by atoms with Gasteiger partial charge in [0.25, 0.3) is 5.91 Å². The highest BCUT2D eigenvalue weighted by Gasteiger charge is 2.44. The molecule has 0 saturated carbocycles. The fourth-order valence-electron chi connectivity index (χ4n) is 3.86. The topological polar surface area (TPSA) is 65.6 Å². The molecule has 2 aliphatic heterocycles. The summed E-state index contributed by atoms with van der Waals surface area (Å²) in [5, 5.41) is 11.1. The van der Waals surface area contributed by atoms with Gasteiger partial charge in [0.15, 0.2) is 0 Å². The van der Waals surface area contributed by atoms with Crippen molar-refractivity contribution in [2.45, 2.75) is 37.4 Å². The molecule has 0 unspecified atom stereocenters. The number of amides is 1. The van der Waals surface area contributed by atoms with Crippen LogP contribution in [0.5, 0.6) is 0 Å². The predicted molar refractivity (Wildman–Crippen MR) is 87.3 cm³/mol. The van der Waals surface area contributed by atoms with Crippen LogP contribution in [0, 0.1) is 5.82 Å². The van der Waals surface area contributed by atoms with E-state index in [2.05, 4.69) is 4.98 Å². The molecule has 1 spiro atoms. The maximum Gasteiger partial charge on any atom is 0.270 e. The summed E-state index contributed by atoms with van der Waals surface area (Å²) < 4.78 is 19.2. The Morgan fingerprint density at radius 1 is 1.33 bits per heavy atom. The normalized spacial score (nSPS) is 23.8. The standard InChI is InChI=1S/C18H21FN2O3/c19-13-4-3-12-10-15(20-14(12)11-13)17(23)21-7-5-18(6-8-21)16(22)2-1-9-24-18/h3-4,10-11,16,20,22H,1-2,5-9H2/t16-/m1/s1. The number of halogens is 1. The average molecular weight is 332 g/mol. The second kappa shape index (κ2) is 5.86. The third kappa shape index (κ3) is 2.59. The van der Waals surface area contributed by atoms with Gasteiger partial charge in [-0.3, -0.25) is 4.79 Å². The van der Waals surface area contributed by atoms with E-state index in [0.29, 0.717) is 43.7 Å². The van der Waals surface area contributed by atoms with E-state index < -0.39 is 11.7 Å². The number of aliphatic hydroxyl groups is 1. The van der Waals surface area contributed by atoms with E-state index in [1.54, 1.807) is 17.0 Å². The monoisotopic (exact) mass is 332 g/mol. The van der Waals surface area contributed by atoms with Crippen molar-refractivity contribution >= 4 is 16.8 Å². The van der Waals surface area contributed by atoms with E-state index in [-0.39, 0.29) is 11.7 Å². The molecule has 0 aliphatic carbocycles. The van der Waals surface area contributed by atoms with E-state index in [1.165, 1.54) is 12.1 Å². The molecule has 2 aromatic rings. The van der Waals surface area contributed by atoms with Gasteiger partial charge in [-0.2, -0.15) is 0 Å². The number of benzene rings is 1. The van der Waals surface area contributed by atoms with E-state index in [0.717, 1.165) is 18.2 Å². The van der Waals surface area contributed by atoms with Crippen molar-refractivity contribution in [3.05, 3.63) is 35.8 Å². The first-order chi connectivity index (χ1) is 11.6. The lowest BCUT2D eigenvalue weighted by molar-refractivity contribution is -0.174. The average Bonchev–Trinajstić information content (AvgIpc) is 3.01. The predicted octanol–water partition coefficient (Wildman–Crippen LogP) is 2.45. The van der Waals surface area contributed by atoms with Crippen LogP contribution in [0.3, 0.4) is 0 Å². The van der Waals surface area contributed by atoms with Crippen LogP contribution in [0.1, 0.15) is 36.2 Å². The lowest BCUT2D eigenvalue weighted by atomic mass is 9.82. The summed E-state index contributed by atoms with van der Waals surface area (Å²) in [6, 6.07) is 6.20. The summed E-state index contributed by atoms with van der Waals surface area (Å²) in [5.74, 6) is -0.418. The first-order valence-corrected chi connectivity index (χ1v) is 8.47. The fourth-order valence-corrected chi connectivity index (χ4v) is 3.86. The van der Waals surface area contributed by atoms with Crippen LogP contribution >= 0.6 is 0 Å². The van der Waals surface area contributed by atoms with Gasteiger partial charge >= 0.3 is 0 Å². The van der Waals surface area contributed by atoms with Crippen molar-refractivity contribution in [2.24, 2.45) is 0 Å². The summed E-state index contributed by atoms with van der Waals surface area (Å²) in [7, 11) is 0. The van der Waals surface area contributed by atoms with Gasteiger partial charge in [0, 0.05) is 30.6 Å². The van der Waals surface area contributed by atoms with Crippen LogP contribution in [0.2, 0.25) is 0 Å². The molecule has 24 heavy (non-hydrogen) atoms. The van der Waals surface area contributed by atoms with Gasteiger partial charge in [-0.05, 0) is 49.9 Å². The van der Waals surface area contributed by atoms with Gasteiger partial charge in [-0.1, -0.05) is 0 Å². The third-order valence-corrected chi connectivity index (χ3v) is 5.33. The van der Waals surface area contributed by atoms with Gasteiger partial charge in [0.05, 0.1) is 11.7 Å². The number of nitrogens with one attached hydrogen (secondary N) is 1. The first-order valence-electron chi connectivity index (χ1n) is 8.47. The quantitative estimate of drug-likeness (QED) is 0.843. The molecule has 1 aromatic heterocycles. The molecule has 3 heterocycles. The number of aromatic nitrogens is 1. The summed E-state index contributed by atoms with van der Waals surface area (Å²) in [5.41, 5.74) is 0.605. The molecule has 0 radical (unpaired) electrons. The maximum absolute atomic E-state index is 13.3. The van der Waals surface area contributed by atoms with E-state index >= 15 is 0 Å². The van der Waals surface area contributed by atoms with Crippen LogP contribution in [-0.4, -0.2) is 52.3 Å². The molecule has 1 aromatic carbocycles. The number of hydrogen-bond donors (Lipinski definition) is 2. The Balaban J connectivity index is 1.49. The molecule has 2 saturated heterocycles. The summed E-state index contributed by atoms with van der Waals surface area (Å²) in [6.45, 7) is 1.79. The number of aliphatic hydroxyl groups excluding tert-OH is 1. The Labute approximate surface area is 139 Å². The van der Waals surface area contributed by atoms with E-state index in [1.807, 2.05) is 0 Å². The molecule has 2 fully saturated rings. The second-order valence-corrected chi connectivity index (χ2v) is 6.78. The molecular formula is C18H21FN2O3. The third-order valence-electron chi connectivity index (χ3n) is 5.33. The molecule has 0 bridgehead atoms. The van der Waals surface area contributed by atoms with Gasteiger partial charge < -0.3 is 19.7 Å². The van der Waals surface area contributed by atoms with Crippen LogP contribution in [0.15, 0.2) is 24.3 Å². The Morgan fingerprint density at radius 2 is 2.12 bits per heavy atom. The SMILES string of the molecule is O=C(c1cc2ccc(F)cc2[nH]1)N1CCC2(CC1)OCCC[C@H]2O. The largest absolute Gasteiger partial charge is 0.390 e. The molecular weight excluding hydrogens is 311 g/mol. The van der Waals surface area contributed by atoms with Crippen molar-refractivity contribution < 1.29 is 19.0 Å². The zero-order valence-corrected chi connectivity index (χ0v) is 13.4. The summed E-state index contributed by atoms with van der Waals surface area (Å²) in [4.78, 5) is 17.5. The Kier molecular flexibility index (Phi) is 3.81. The maximum atomic E-state index is 13.3. The minimum atomic E-state index is -0.487. The number of nitrogens with zero attached hydrogens (tertiary/aromatic N) is 1. The number of rotatable bonds is 1.